The second-order valence-electron chi connectivity index (χ2n) is 7.99. The maximum atomic E-state index is 12.8. The van der Waals surface area contributed by atoms with Crippen molar-refractivity contribution in [2.24, 2.45) is 0 Å². The standard InChI is InChI=1S/C25H30N4O3/c1-6-29-18(4)21(17(3)27-29)13-14-28(5)23-12-11-20(25(31)32)15-22(23)26-24(30)19-9-7-16(2)8-10-19/h7-12,15H,6,13-14H2,1-5H3,(H,26,30)(H,31,32). The summed E-state index contributed by atoms with van der Waals surface area (Å²) in [4.78, 5) is 26.3. The first kappa shape index (κ1) is 23.1. The average Bonchev–Trinajstić information content (AvgIpc) is 3.04. The molecule has 0 spiro atoms. The van der Waals surface area contributed by atoms with Crippen molar-refractivity contribution in [2.45, 2.75) is 40.7 Å². The van der Waals surface area contributed by atoms with Gasteiger partial charge in [-0.05, 0) is 70.0 Å². The molecule has 0 aliphatic rings. The Hall–Kier alpha value is -3.61. The van der Waals surface area contributed by atoms with E-state index in [1.54, 1.807) is 24.3 Å². The highest BCUT2D eigenvalue weighted by molar-refractivity contribution is 6.06. The summed E-state index contributed by atoms with van der Waals surface area (Å²) in [7, 11) is 1.94. The van der Waals surface area contributed by atoms with Crippen LogP contribution in [0.5, 0.6) is 0 Å². The second-order valence-corrected chi connectivity index (χ2v) is 7.99. The Labute approximate surface area is 188 Å². The molecule has 0 bridgehead atoms. The minimum atomic E-state index is -1.04. The molecule has 1 heterocycles. The van der Waals surface area contributed by atoms with Gasteiger partial charge in [0, 0.05) is 31.4 Å². The Morgan fingerprint density at radius 2 is 1.72 bits per heavy atom. The highest BCUT2D eigenvalue weighted by atomic mass is 16.4. The molecule has 0 aliphatic carbocycles. The smallest absolute Gasteiger partial charge is 0.335 e. The van der Waals surface area contributed by atoms with Crippen molar-refractivity contribution in [3.63, 3.8) is 0 Å². The average molecular weight is 435 g/mol. The molecule has 1 amide bonds. The molecule has 3 rings (SSSR count). The quantitative estimate of drug-likeness (QED) is 0.547. The van der Waals surface area contributed by atoms with Gasteiger partial charge in [-0.25, -0.2) is 4.79 Å². The van der Waals surface area contributed by atoms with Crippen molar-refractivity contribution >= 4 is 23.3 Å². The molecule has 0 fully saturated rings. The van der Waals surface area contributed by atoms with Crippen molar-refractivity contribution in [1.82, 2.24) is 9.78 Å². The van der Waals surface area contributed by atoms with E-state index in [0.29, 0.717) is 17.8 Å². The summed E-state index contributed by atoms with van der Waals surface area (Å²) >= 11 is 0. The Kier molecular flexibility index (Phi) is 6.98. The highest BCUT2D eigenvalue weighted by Crippen LogP contribution is 2.28. The number of carbonyl (C=O) groups excluding carboxylic acids is 1. The van der Waals surface area contributed by atoms with Gasteiger partial charge in [0.05, 0.1) is 22.6 Å². The van der Waals surface area contributed by atoms with Crippen LogP contribution in [0.4, 0.5) is 11.4 Å². The molecule has 0 aliphatic heterocycles. The van der Waals surface area contributed by atoms with Crippen LogP contribution in [0.25, 0.3) is 0 Å². The van der Waals surface area contributed by atoms with Crippen LogP contribution >= 0.6 is 0 Å². The number of aromatic nitrogens is 2. The summed E-state index contributed by atoms with van der Waals surface area (Å²) in [5.41, 5.74) is 6.32. The lowest BCUT2D eigenvalue weighted by atomic mass is 10.1. The maximum absolute atomic E-state index is 12.8. The van der Waals surface area contributed by atoms with Gasteiger partial charge in [-0.2, -0.15) is 5.10 Å². The van der Waals surface area contributed by atoms with E-state index in [9.17, 15) is 14.7 Å². The van der Waals surface area contributed by atoms with Crippen LogP contribution in [0.1, 0.15) is 50.2 Å². The van der Waals surface area contributed by atoms with Gasteiger partial charge < -0.3 is 15.3 Å². The van der Waals surface area contributed by atoms with Crippen LogP contribution < -0.4 is 10.2 Å². The van der Waals surface area contributed by atoms with Crippen LogP contribution in [-0.4, -0.2) is 40.4 Å². The first-order chi connectivity index (χ1) is 15.2. The highest BCUT2D eigenvalue weighted by Gasteiger charge is 2.17. The first-order valence-corrected chi connectivity index (χ1v) is 10.7. The molecular weight excluding hydrogens is 404 g/mol. The second kappa shape index (κ2) is 9.68. The number of aryl methyl sites for hydroxylation is 3. The Bertz CT molecular complexity index is 1130. The number of carboxylic acid groups (broad SMARTS) is 1. The van der Waals surface area contributed by atoms with Gasteiger partial charge in [0.2, 0.25) is 0 Å². The molecule has 32 heavy (non-hydrogen) atoms. The molecule has 3 aromatic rings. The molecule has 0 atom stereocenters. The maximum Gasteiger partial charge on any atom is 0.335 e. The topological polar surface area (TPSA) is 87.5 Å². The lowest BCUT2D eigenvalue weighted by Gasteiger charge is -2.23. The van der Waals surface area contributed by atoms with E-state index >= 15 is 0 Å². The number of amides is 1. The zero-order chi connectivity index (χ0) is 23.4. The number of aromatic carboxylic acids is 1. The number of hydrogen-bond acceptors (Lipinski definition) is 4. The van der Waals surface area contributed by atoms with Crippen LogP contribution in [0.15, 0.2) is 42.5 Å². The predicted molar refractivity (Wildman–Crippen MR) is 127 cm³/mol. The zero-order valence-electron chi connectivity index (χ0n) is 19.3. The molecule has 7 nitrogen and oxygen atoms in total. The van der Waals surface area contributed by atoms with Gasteiger partial charge in [0.1, 0.15) is 0 Å². The van der Waals surface area contributed by atoms with Crippen molar-refractivity contribution in [2.75, 3.05) is 23.8 Å². The Balaban J connectivity index is 1.85. The van der Waals surface area contributed by atoms with E-state index in [4.69, 9.17) is 0 Å². The van der Waals surface area contributed by atoms with Crippen molar-refractivity contribution in [1.29, 1.82) is 0 Å². The SMILES string of the molecule is CCn1nc(C)c(CCN(C)c2ccc(C(=O)O)cc2NC(=O)c2ccc(C)cc2)c1C. The first-order valence-electron chi connectivity index (χ1n) is 10.7. The summed E-state index contributed by atoms with van der Waals surface area (Å²) in [5.74, 6) is -1.32. The number of rotatable bonds is 8. The largest absolute Gasteiger partial charge is 0.478 e. The third-order valence-electron chi connectivity index (χ3n) is 5.74. The Morgan fingerprint density at radius 3 is 2.31 bits per heavy atom. The lowest BCUT2D eigenvalue weighted by molar-refractivity contribution is 0.0696. The van der Waals surface area contributed by atoms with E-state index in [1.165, 1.54) is 11.6 Å². The number of likely N-dealkylation sites (N-methyl/N-ethyl adjacent to an activating group) is 1. The molecular formula is C25H30N4O3. The Morgan fingerprint density at radius 1 is 1.06 bits per heavy atom. The van der Waals surface area contributed by atoms with Crippen LogP contribution in [0.2, 0.25) is 0 Å². The molecule has 0 saturated carbocycles. The van der Waals surface area contributed by atoms with Gasteiger partial charge >= 0.3 is 5.97 Å². The third kappa shape index (κ3) is 4.99. The number of nitrogens with zero attached hydrogens (tertiary/aromatic N) is 3. The van der Waals surface area contributed by atoms with Crippen LogP contribution in [0, 0.1) is 20.8 Å². The van der Waals surface area contributed by atoms with Crippen LogP contribution in [-0.2, 0) is 13.0 Å². The number of anilines is 2. The molecule has 0 unspecified atom stereocenters. The molecule has 1 aromatic heterocycles. The van der Waals surface area contributed by atoms with Gasteiger partial charge in [0.25, 0.3) is 5.91 Å². The summed E-state index contributed by atoms with van der Waals surface area (Å²) in [5, 5.41) is 16.9. The summed E-state index contributed by atoms with van der Waals surface area (Å²) < 4.78 is 2.00. The van der Waals surface area contributed by atoms with Gasteiger partial charge in [-0.1, -0.05) is 17.7 Å². The zero-order valence-corrected chi connectivity index (χ0v) is 19.3. The summed E-state index contributed by atoms with van der Waals surface area (Å²) in [6.45, 7) is 9.64. The normalized spacial score (nSPS) is 10.8. The number of carbonyl (C=O) groups is 2. The molecule has 168 valence electrons. The van der Waals surface area contributed by atoms with Crippen molar-refractivity contribution < 1.29 is 14.7 Å². The van der Waals surface area contributed by atoms with Gasteiger partial charge in [0.15, 0.2) is 0 Å². The van der Waals surface area contributed by atoms with E-state index in [1.807, 2.05) is 42.6 Å². The lowest BCUT2D eigenvalue weighted by Crippen LogP contribution is -2.23. The van der Waals surface area contributed by atoms with Gasteiger partial charge in [-0.15, -0.1) is 0 Å². The number of carboxylic acids is 1. The molecule has 2 N–H and O–H groups in total. The van der Waals surface area contributed by atoms with Crippen molar-refractivity contribution in [3.05, 3.63) is 76.1 Å². The van der Waals surface area contributed by atoms with E-state index < -0.39 is 5.97 Å². The fraction of sp³-hybridized carbons (Fsp3) is 0.320. The van der Waals surface area contributed by atoms with Gasteiger partial charge in [-0.3, -0.25) is 9.48 Å². The fourth-order valence-corrected chi connectivity index (χ4v) is 3.81. The fourth-order valence-electron chi connectivity index (χ4n) is 3.81. The predicted octanol–water partition coefficient (Wildman–Crippen LogP) is 4.46. The van der Waals surface area contributed by atoms with Crippen LogP contribution in [0.3, 0.4) is 0 Å². The summed E-state index contributed by atoms with van der Waals surface area (Å²) in [6, 6.07) is 12.1. The third-order valence-corrected chi connectivity index (χ3v) is 5.74. The molecule has 0 radical (unpaired) electrons. The monoisotopic (exact) mass is 434 g/mol. The molecule has 0 saturated heterocycles. The summed E-state index contributed by atoms with van der Waals surface area (Å²) in [6.07, 6.45) is 0.792. The number of benzene rings is 2. The van der Waals surface area contributed by atoms with Crippen molar-refractivity contribution in [3.8, 4) is 0 Å². The van der Waals surface area contributed by atoms with E-state index in [2.05, 4.69) is 24.3 Å². The number of hydrogen-bond donors (Lipinski definition) is 2. The van der Waals surface area contributed by atoms with E-state index in [-0.39, 0.29) is 11.5 Å². The molecule has 7 heteroatoms. The van der Waals surface area contributed by atoms with E-state index in [0.717, 1.165) is 35.6 Å². The molecule has 2 aromatic carbocycles. The minimum Gasteiger partial charge on any atom is -0.478 e. The number of nitrogens with one attached hydrogen (secondary N) is 1. The minimum absolute atomic E-state index is 0.122.